The largest absolute Gasteiger partial charge is 0.489 e. The van der Waals surface area contributed by atoms with Gasteiger partial charge in [0.15, 0.2) is 5.71 Å². The molecule has 0 heterocycles. The molecule has 4 nitrogen and oxygen atoms in total. The molecule has 142 valence electrons. The number of oxime groups is 1. The summed E-state index contributed by atoms with van der Waals surface area (Å²) in [6.45, 7) is 13.4. The van der Waals surface area contributed by atoms with E-state index in [4.69, 9.17) is 15.2 Å². The summed E-state index contributed by atoms with van der Waals surface area (Å²) < 4.78 is 6.15. The van der Waals surface area contributed by atoms with Gasteiger partial charge in [-0.25, -0.2) is 0 Å². The van der Waals surface area contributed by atoms with Gasteiger partial charge in [0.1, 0.15) is 18.4 Å². The molecule has 0 saturated carbocycles. The molecule has 0 aliphatic carbocycles. The van der Waals surface area contributed by atoms with Crippen molar-refractivity contribution in [3.05, 3.63) is 64.7 Å². The summed E-state index contributed by atoms with van der Waals surface area (Å²) in [4.78, 5) is 0. The van der Waals surface area contributed by atoms with Crippen LogP contribution in [0.25, 0.3) is 0 Å². The Morgan fingerprint density at radius 3 is 2.26 bits per heavy atom. The molecule has 0 fully saturated rings. The van der Waals surface area contributed by atoms with Crippen molar-refractivity contribution in [2.45, 2.75) is 59.0 Å². The summed E-state index contributed by atoms with van der Waals surface area (Å²) in [6, 6.07) is 15.6. The van der Waals surface area contributed by atoms with Crippen LogP contribution in [0, 0.1) is 11.3 Å². The van der Waals surface area contributed by atoms with Crippen LogP contribution in [0.5, 0.6) is 5.75 Å². The molecule has 0 bridgehead atoms. The third-order valence-corrected chi connectivity index (χ3v) is 4.52. The zero-order chi connectivity index (χ0) is 20.2. The highest BCUT2D eigenvalue weighted by Gasteiger charge is 2.23. The molecule has 0 atom stereocenters. The van der Waals surface area contributed by atoms with Crippen molar-refractivity contribution in [3.8, 4) is 11.8 Å². The maximum absolute atomic E-state index is 9.17. The lowest BCUT2D eigenvalue weighted by atomic mass is 9.80. The van der Waals surface area contributed by atoms with Gasteiger partial charge in [-0.1, -0.05) is 83.1 Å². The van der Waals surface area contributed by atoms with Crippen molar-refractivity contribution in [1.29, 1.82) is 5.26 Å². The van der Waals surface area contributed by atoms with Crippen molar-refractivity contribution < 1.29 is 9.94 Å². The smallest absolute Gasteiger partial charge is 0.187 e. The van der Waals surface area contributed by atoms with Crippen LogP contribution in [-0.4, -0.2) is 10.9 Å². The second-order valence-electron chi connectivity index (χ2n) is 8.72. The molecule has 2 aromatic carbocycles. The molecule has 0 amide bonds. The molecular formula is C23H28N2O2. The molecule has 0 aliphatic heterocycles. The van der Waals surface area contributed by atoms with Gasteiger partial charge >= 0.3 is 0 Å². The summed E-state index contributed by atoms with van der Waals surface area (Å²) in [5, 5.41) is 21.3. The monoisotopic (exact) mass is 364 g/mol. The lowest BCUT2D eigenvalue weighted by molar-refractivity contribution is 0.296. The van der Waals surface area contributed by atoms with Crippen LogP contribution in [-0.2, 0) is 17.4 Å². The number of nitrogens with zero attached hydrogens (tertiary/aromatic N) is 2. The van der Waals surface area contributed by atoms with Gasteiger partial charge in [-0.05, 0) is 33.6 Å². The van der Waals surface area contributed by atoms with Crippen LogP contribution >= 0.6 is 0 Å². The first-order chi connectivity index (χ1) is 12.6. The maximum Gasteiger partial charge on any atom is 0.187 e. The number of nitriles is 1. The quantitative estimate of drug-likeness (QED) is 0.438. The van der Waals surface area contributed by atoms with E-state index in [9.17, 15) is 0 Å². The topological polar surface area (TPSA) is 65.6 Å². The number of rotatable bonds is 4. The van der Waals surface area contributed by atoms with Gasteiger partial charge in [-0.3, -0.25) is 0 Å². The molecule has 4 heteroatoms. The summed E-state index contributed by atoms with van der Waals surface area (Å²) in [7, 11) is 0. The molecular weight excluding hydrogens is 336 g/mol. The van der Waals surface area contributed by atoms with E-state index in [0.717, 1.165) is 16.9 Å². The van der Waals surface area contributed by atoms with Crippen LogP contribution < -0.4 is 4.74 Å². The lowest BCUT2D eigenvalue weighted by Crippen LogP contribution is -2.18. The molecule has 0 spiro atoms. The average molecular weight is 364 g/mol. The maximum atomic E-state index is 9.17. The second kappa shape index (κ2) is 7.84. The van der Waals surface area contributed by atoms with Crippen molar-refractivity contribution in [3.63, 3.8) is 0 Å². The minimum atomic E-state index is -0.0690. The molecule has 0 saturated heterocycles. The van der Waals surface area contributed by atoms with E-state index in [1.54, 1.807) is 12.1 Å². The van der Waals surface area contributed by atoms with Gasteiger partial charge in [-0.2, -0.15) is 5.26 Å². The first-order valence-electron chi connectivity index (χ1n) is 9.06. The van der Waals surface area contributed by atoms with E-state index in [1.807, 2.05) is 24.3 Å². The Morgan fingerprint density at radius 1 is 1.04 bits per heavy atom. The Morgan fingerprint density at radius 2 is 1.70 bits per heavy atom. The zero-order valence-corrected chi connectivity index (χ0v) is 17.0. The van der Waals surface area contributed by atoms with Crippen molar-refractivity contribution in [2.75, 3.05) is 0 Å². The Labute approximate surface area is 162 Å². The highest BCUT2D eigenvalue weighted by Crippen LogP contribution is 2.36. The molecule has 27 heavy (non-hydrogen) atoms. The lowest BCUT2D eigenvalue weighted by Gasteiger charge is -2.27. The summed E-state index contributed by atoms with van der Waals surface area (Å²) in [6.07, 6.45) is 0. The first-order valence-corrected chi connectivity index (χ1v) is 9.06. The Kier molecular flexibility index (Phi) is 5.95. The Hall–Kier alpha value is -2.80. The van der Waals surface area contributed by atoms with Crippen molar-refractivity contribution >= 4 is 5.71 Å². The van der Waals surface area contributed by atoms with Crippen LogP contribution in [0.3, 0.4) is 0 Å². The summed E-state index contributed by atoms with van der Waals surface area (Å²) in [5.74, 6) is 0.824. The van der Waals surface area contributed by atoms with Gasteiger partial charge in [-0.15, -0.1) is 0 Å². The van der Waals surface area contributed by atoms with Crippen LogP contribution in [0.1, 0.15) is 63.8 Å². The number of hydrogen-bond donors (Lipinski definition) is 1. The van der Waals surface area contributed by atoms with Crippen molar-refractivity contribution in [1.82, 2.24) is 0 Å². The van der Waals surface area contributed by atoms with Crippen LogP contribution in [0.15, 0.2) is 47.6 Å². The van der Waals surface area contributed by atoms with Crippen LogP contribution in [0.2, 0.25) is 0 Å². The fourth-order valence-electron chi connectivity index (χ4n) is 2.88. The predicted molar refractivity (Wildman–Crippen MR) is 109 cm³/mol. The van der Waals surface area contributed by atoms with Gasteiger partial charge in [0.05, 0.1) is 0 Å². The third kappa shape index (κ3) is 4.89. The fourth-order valence-corrected chi connectivity index (χ4v) is 2.88. The van der Waals surface area contributed by atoms with Gasteiger partial charge < -0.3 is 9.94 Å². The van der Waals surface area contributed by atoms with Crippen molar-refractivity contribution in [2.24, 2.45) is 5.16 Å². The van der Waals surface area contributed by atoms with E-state index in [1.165, 1.54) is 5.56 Å². The Bertz CT molecular complexity index is 878. The van der Waals surface area contributed by atoms with Gasteiger partial charge in [0, 0.05) is 5.56 Å². The Balaban J connectivity index is 2.39. The van der Waals surface area contributed by atoms with E-state index < -0.39 is 0 Å². The third-order valence-electron chi connectivity index (χ3n) is 4.52. The zero-order valence-electron chi connectivity index (χ0n) is 17.0. The molecule has 0 unspecified atom stereocenters. The van der Waals surface area contributed by atoms with E-state index in [0.29, 0.717) is 5.56 Å². The first kappa shape index (κ1) is 20.5. The standard InChI is InChI=1S/C23H28N2O2/c1-22(2,3)17-11-12-21(19(13-17)23(4,5)6)27-15-16-9-7-8-10-18(16)20(14-24)25-26/h7-13,26H,15H2,1-6H3. The normalized spacial score (nSPS) is 12.6. The molecule has 0 radical (unpaired) electrons. The number of hydrogen-bond acceptors (Lipinski definition) is 4. The van der Waals surface area contributed by atoms with E-state index in [2.05, 4.69) is 58.8 Å². The van der Waals surface area contributed by atoms with E-state index in [-0.39, 0.29) is 23.1 Å². The summed E-state index contributed by atoms with van der Waals surface area (Å²) >= 11 is 0. The molecule has 2 rings (SSSR count). The minimum absolute atomic E-state index is 0.0201. The van der Waals surface area contributed by atoms with E-state index >= 15 is 0 Å². The molecule has 2 aromatic rings. The number of benzene rings is 2. The minimum Gasteiger partial charge on any atom is -0.489 e. The second-order valence-corrected chi connectivity index (χ2v) is 8.72. The van der Waals surface area contributed by atoms with Gasteiger partial charge in [0.25, 0.3) is 0 Å². The SMILES string of the molecule is CC(C)(C)c1ccc(OCc2ccccc2C(C#N)=NO)c(C(C)(C)C)c1. The highest BCUT2D eigenvalue weighted by atomic mass is 16.5. The molecule has 1 N–H and O–H groups in total. The average Bonchev–Trinajstić information content (AvgIpc) is 2.60. The fraction of sp³-hybridized carbons (Fsp3) is 0.391. The molecule has 0 aromatic heterocycles. The highest BCUT2D eigenvalue weighted by molar-refractivity contribution is 6.12. The molecule has 0 aliphatic rings. The predicted octanol–water partition coefficient (Wildman–Crippen LogP) is 5.56. The summed E-state index contributed by atoms with van der Waals surface area (Å²) in [5.41, 5.74) is 3.75. The van der Waals surface area contributed by atoms with Crippen LogP contribution in [0.4, 0.5) is 0 Å². The van der Waals surface area contributed by atoms with Gasteiger partial charge in [0.2, 0.25) is 0 Å². The number of ether oxygens (including phenoxy) is 1.